The van der Waals surface area contributed by atoms with Gasteiger partial charge in [-0.25, -0.2) is 0 Å². The van der Waals surface area contributed by atoms with E-state index < -0.39 is 0 Å². The quantitative estimate of drug-likeness (QED) is 0.202. The summed E-state index contributed by atoms with van der Waals surface area (Å²) in [7, 11) is 1.06. The van der Waals surface area contributed by atoms with Crippen molar-refractivity contribution in [2.24, 2.45) is 17.8 Å². The van der Waals surface area contributed by atoms with Crippen LogP contribution >= 0.6 is 21.8 Å². The highest BCUT2D eigenvalue weighted by Gasteiger charge is 2.30. The summed E-state index contributed by atoms with van der Waals surface area (Å²) in [6, 6.07) is 1.34. The van der Waals surface area contributed by atoms with Gasteiger partial charge in [-0.3, -0.25) is 0 Å². The summed E-state index contributed by atoms with van der Waals surface area (Å²) in [6.07, 6.45) is 16.4. The summed E-state index contributed by atoms with van der Waals surface area (Å²) in [5.74, 6) is 3.15. The Morgan fingerprint density at radius 1 is 0.952 bits per heavy atom. The van der Waals surface area contributed by atoms with Crippen LogP contribution in [0.5, 0.6) is 0 Å². The molecule has 0 aromatic rings. The van der Waals surface area contributed by atoms with Gasteiger partial charge in [-0.2, -0.15) is 0 Å². The molecule has 1 nitrogen and oxygen atoms in total. The average Bonchev–Trinajstić information content (AvgIpc) is 2.53. The van der Waals surface area contributed by atoms with Crippen LogP contribution in [-0.2, 0) is 4.74 Å². The van der Waals surface area contributed by atoms with Crippen LogP contribution in [0, 0.1) is 17.8 Å². The van der Waals surface area contributed by atoms with Gasteiger partial charge in [-0.15, -0.1) is 21.8 Å². The molecule has 0 aromatic heterocycles. The molecular formula is C18H33IOSi. The maximum Gasteiger partial charge on any atom is 0.131 e. The number of rotatable bonds is 8. The van der Waals surface area contributed by atoms with Crippen LogP contribution in [0.15, 0.2) is 0 Å². The van der Waals surface area contributed by atoms with Crippen molar-refractivity contribution in [2.45, 2.75) is 89.7 Å². The first kappa shape index (κ1) is 18.2. The van der Waals surface area contributed by atoms with Crippen LogP contribution in [0.1, 0.15) is 77.6 Å². The molecule has 0 N–H and O–H groups in total. The molecule has 2 rings (SSSR count). The van der Waals surface area contributed by atoms with Gasteiger partial charge >= 0.3 is 0 Å². The summed E-state index contributed by atoms with van der Waals surface area (Å²) in [5.41, 5.74) is 0. The Morgan fingerprint density at radius 3 is 2.14 bits per heavy atom. The van der Waals surface area contributed by atoms with Crippen molar-refractivity contribution in [1.29, 1.82) is 0 Å². The molecule has 2 aliphatic rings. The number of hydrogen-bond donors (Lipinski definition) is 0. The minimum atomic E-state index is 0.593. The highest BCUT2D eigenvalue weighted by atomic mass is 127. The van der Waals surface area contributed by atoms with E-state index in [4.69, 9.17) is 4.74 Å². The first-order valence-electron chi connectivity index (χ1n) is 9.28. The fraction of sp³-hybridized carbons (Fsp3) is 1.00. The molecule has 0 spiro atoms. The third-order valence-corrected chi connectivity index (χ3v) is 7.90. The smallest absolute Gasteiger partial charge is 0.131 e. The zero-order chi connectivity index (χ0) is 14.9. The second kappa shape index (κ2) is 10.6. The van der Waals surface area contributed by atoms with E-state index in [2.05, 4.69) is 28.7 Å². The van der Waals surface area contributed by atoms with E-state index in [9.17, 15) is 0 Å². The van der Waals surface area contributed by atoms with Crippen molar-refractivity contribution >= 4 is 28.8 Å². The van der Waals surface area contributed by atoms with Gasteiger partial charge in [0.1, 0.15) is 7.02 Å². The van der Waals surface area contributed by atoms with E-state index in [0.29, 0.717) is 6.10 Å². The van der Waals surface area contributed by atoms with E-state index in [0.717, 1.165) is 31.4 Å². The van der Waals surface area contributed by atoms with Gasteiger partial charge in [0.05, 0.1) is 6.10 Å². The first-order valence-corrected chi connectivity index (χ1v) is 13.6. The van der Waals surface area contributed by atoms with E-state index in [1.165, 1.54) is 76.7 Å². The molecule has 2 radical (unpaired) electrons. The molecule has 0 amide bonds. The Balaban J connectivity index is 1.59. The van der Waals surface area contributed by atoms with Crippen molar-refractivity contribution in [3.8, 4) is 0 Å². The SMILES string of the molecule is CCCC1CCC(C2CCC(OCCC[Si]I)CC2)CC1. The lowest BCUT2D eigenvalue weighted by molar-refractivity contribution is 0.00733. The Hall–Kier alpha value is 0.907. The largest absolute Gasteiger partial charge is 0.378 e. The van der Waals surface area contributed by atoms with E-state index in [1.807, 2.05) is 0 Å². The Morgan fingerprint density at radius 2 is 1.57 bits per heavy atom. The van der Waals surface area contributed by atoms with Crippen LogP contribution in [0.25, 0.3) is 0 Å². The molecular weight excluding hydrogens is 387 g/mol. The van der Waals surface area contributed by atoms with Gasteiger partial charge in [-0.1, -0.05) is 32.6 Å². The Bertz CT molecular complexity index is 258. The first-order chi connectivity index (χ1) is 10.3. The lowest BCUT2D eigenvalue weighted by Gasteiger charge is -2.37. The third kappa shape index (κ3) is 6.50. The van der Waals surface area contributed by atoms with Gasteiger partial charge in [0, 0.05) is 6.61 Å². The highest BCUT2D eigenvalue weighted by Crippen LogP contribution is 2.41. The molecule has 2 saturated carbocycles. The van der Waals surface area contributed by atoms with Crippen LogP contribution < -0.4 is 0 Å². The van der Waals surface area contributed by atoms with E-state index >= 15 is 0 Å². The summed E-state index contributed by atoms with van der Waals surface area (Å²) < 4.78 is 6.07. The average molecular weight is 420 g/mol. The van der Waals surface area contributed by atoms with E-state index in [-0.39, 0.29) is 0 Å². The fourth-order valence-corrected chi connectivity index (χ4v) is 5.89. The lowest BCUT2D eigenvalue weighted by Crippen LogP contribution is -2.28. The summed E-state index contributed by atoms with van der Waals surface area (Å²) in [5, 5.41) is 0. The van der Waals surface area contributed by atoms with E-state index in [1.54, 1.807) is 0 Å². The number of hydrogen-bond acceptors (Lipinski definition) is 1. The zero-order valence-corrected chi connectivity index (χ0v) is 16.9. The Kier molecular flexibility index (Phi) is 9.24. The van der Waals surface area contributed by atoms with Crippen molar-refractivity contribution in [3.63, 3.8) is 0 Å². The fourth-order valence-electron chi connectivity index (χ4n) is 4.47. The molecule has 0 heterocycles. The predicted molar refractivity (Wildman–Crippen MR) is 101 cm³/mol. The normalized spacial score (nSPS) is 34.0. The second-order valence-electron chi connectivity index (χ2n) is 7.21. The molecule has 0 unspecified atom stereocenters. The molecule has 0 saturated heterocycles. The van der Waals surface area contributed by atoms with Crippen molar-refractivity contribution in [1.82, 2.24) is 0 Å². The Labute approximate surface area is 147 Å². The van der Waals surface area contributed by atoms with Crippen LogP contribution in [-0.4, -0.2) is 19.7 Å². The molecule has 2 aliphatic carbocycles. The van der Waals surface area contributed by atoms with Gasteiger partial charge in [0.2, 0.25) is 0 Å². The van der Waals surface area contributed by atoms with Crippen molar-refractivity contribution < 1.29 is 4.74 Å². The van der Waals surface area contributed by atoms with Gasteiger partial charge in [-0.05, 0) is 68.7 Å². The van der Waals surface area contributed by atoms with Gasteiger partial charge < -0.3 is 4.74 Å². The predicted octanol–water partition coefficient (Wildman–Crippen LogP) is 6.03. The topological polar surface area (TPSA) is 9.23 Å². The standard InChI is InChI=1S/C18H33IOSi/c1-2-4-15-5-7-16(8-6-15)17-9-11-18(12-10-17)20-13-3-14-21-19/h15-18H,2-14H2,1H3. The molecule has 0 atom stereocenters. The molecule has 21 heavy (non-hydrogen) atoms. The third-order valence-electron chi connectivity index (χ3n) is 5.74. The summed E-state index contributed by atoms with van der Waals surface area (Å²) >= 11 is 2.49. The molecule has 2 fully saturated rings. The molecule has 0 aromatic carbocycles. The minimum Gasteiger partial charge on any atom is -0.378 e. The van der Waals surface area contributed by atoms with Crippen molar-refractivity contribution in [3.05, 3.63) is 0 Å². The zero-order valence-electron chi connectivity index (χ0n) is 13.8. The molecule has 0 aliphatic heterocycles. The highest BCUT2D eigenvalue weighted by molar-refractivity contribution is 14.1. The maximum absolute atomic E-state index is 6.07. The summed E-state index contributed by atoms with van der Waals surface area (Å²) in [4.78, 5) is 0. The lowest BCUT2D eigenvalue weighted by atomic mass is 9.70. The molecule has 122 valence electrons. The number of ether oxygens (including phenoxy) is 1. The minimum absolute atomic E-state index is 0.593. The van der Waals surface area contributed by atoms with Crippen LogP contribution in [0.3, 0.4) is 0 Å². The second-order valence-corrected chi connectivity index (χ2v) is 10.3. The molecule has 0 bridgehead atoms. The molecule has 3 heteroatoms. The van der Waals surface area contributed by atoms with Crippen molar-refractivity contribution in [2.75, 3.05) is 6.61 Å². The van der Waals surface area contributed by atoms with Gasteiger partial charge in [0.25, 0.3) is 0 Å². The van der Waals surface area contributed by atoms with Crippen LogP contribution in [0.2, 0.25) is 6.04 Å². The maximum atomic E-state index is 6.07. The summed E-state index contributed by atoms with van der Waals surface area (Å²) in [6.45, 7) is 3.35. The number of halogens is 1. The monoisotopic (exact) mass is 420 g/mol. The van der Waals surface area contributed by atoms with Gasteiger partial charge in [0.15, 0.2) is 0 Å². The van der Waals surface area contributed by atoms with Crippen LogP contribution in [0.4, 0.5) is 0 Å².